The molecular formula is C40H44N4O3S2. The van der Waals surface area contributed by atoms with E-state index >= 15 is 0 Å². The summed E-state index contributed by atoms with van der Waals surface area (Å²) in [6.07, 6.45) is 10.2. The summed E-state index contributed by atoms with van der Waals surface area (Å²) in [5.41, 5.74) is 9.51. The Bertz CT molecular complexity index is 1950. The Labute approximate surface area is 297 Å². The Morgan fingerprint density at radius 2 is 2.00 bits per heavy atom. The fourth-order valence-electron chi connectivity index (χ4n) is 8.76. The van der Waals surface area contributed by atoms with Crippen LogP contribution in [-0.2, 0) is 6.42 Å². The van der Waals surface area contributed by atoms with Crippen LogP contribution in [0.5, 0.6) is 5.75 Å². The summed E-state index contributed by atoms with van der Waals surface area (Å²) in [5, 5.41) is 28.6. The molecule has 7 nitrogen and oxygen atoms in total. The lowest BCUT2D eigenvalue weighted by molar-refractivity contribution is 0.0390. The van der Waals surface area contributed by atoms with Crippen molar-refractivity contribution in [2.75, 3.05) is 12.4 Å². The molecule has 6 N–H and O–H groups in total. The molecule has 254 valence electrons. The number of ketones is 1. The number of anilines is 1. The molecule has 3 aliphatic carbocycles. The minimum atomic E-state index is -0.606. The van der Waals surface area contributed by atoms with Gasteiger partial charge < -0.3 is 26.6 Å². The lowest BCUT2D eigenvalue weighted by atomic mass is 9.58. The summed E-state index contributed by atoms with van der Waals surface area (Å²) < 4.78 is 0. The Kier molecular flexibility index (Phi) is 9.37. The summed E-state index contributed by atoms with van der Waals surface area (Å²) >= 11 is 3.28. The lowest BCUT2D eigenvalue weighted by Crippen LogP contribution is -2.50. The maximum atomic E-state index is 14.5. The first-order valence-corrected chi connectivity index (χ1v) is 19.0. The van der Waals surface area contributed by atoms with Crippen LogP contribution in [0.2, 0.25) is 0 Å². The van der Waals surface area contributed by atoms with Crippen LogP contribution in [0.1, 0.15) is 90.0 Å². The molecule has 2 aromatic heterocycles. The molecule has 1 spiro atoms. The van der Waals surface area contributed by atoms with Crippen molar-refractivity contribution in [2.24, 2.45) is 33.9 Å². The number of carbonyl (C=O) groups excluding carboxylic acids is 1. The number of phenolic OH excluding ortho intramolecular Hbond substituents is 1. The number of thiophene rings is 2. The van der Waals surface area contributed by atoms with E-state index in [4.69, 9.17) is 5.73 Å². The van der Waals surface area contributed by atoms with Crippen LogP contribution in [0.15, 0.2) is 41.4 Å². The summed E-state index contributed by atoms with van der Waals surface area (Å²) in [6.45, 7) is 3.61. The number of aliphatic hydroxyl groups excluding tert-OH is 1. The number of rotatable bonds is 5. The number of hydrogen-bond donors (Lipinski definition) is 5. The smallest absolute Gasteiger partial charge is 0.188 e. The normalized spacial score (nSPS) is 27.8. The number of aromatic hydroxyl groups is 1. The molecule has 9 heteroatoms. The molecular weight excluding hydrogens is 649 g/mol. The van der Waals surface area contributed by atoms with E-state index in [1.807, 2.05) is 31.2 Å². The van der Waals surface area contributed by atoms with Gasteiger partial charge in [-0.3, -0.25) is 9.79 Å². The highest BCUT2D eigenvalue weighted by molar-refractivity contribution is 7.23. The number of guanidine groups is 1. The molecule has 7 rings (SSSR count). The third-order valence-corrected chi connectivity index (χ3v) is 13.5. The number of aliphatic imine (C=N–C) groups is 1. The van der Waals surface area contributed by atoms with Crippen LogP contribution < -0.4 is 16.4 Å². The molecule has 7 atom stereocenters. The SMILES string of the molecule is CC#Cc1ccc(-c2ccc(C(=O)C3CCC4CC35CCC(CC#Cc3c(cc(O)c6c3NC(C(C)O)C=C6)CC4NC(N)=NC)C5)s2)s1. The minimum absolute atomic E-state index is 0.0319. The van der Waals surface area contributed by atoms with Gasteiger partial charge in [0.15, 0.2) is 11.7 Å². The highest BCUT2D eigenvalue weighted by Crippen LogP contribution is 2.58. The number of benzene rings is 1. The molecule has 3 bridgehead atoms. The van der Waals surface area contributed by atoms with E-state index in [-0.39, 0.29) is 40.9 Å². The van der Waals surface area contributed by atoms with E-state index < -0.39 is 6.10 Å². The fraction of sp³-hybridized carbons (Fsp3) is 0.450. The van der Waals surface area contributed by atoms with Crippen molar-refractivity contribution in [3.63, 3.8) is 0 Å². The van der Waals surface area contributed by atoms with Gasteiger partial charge >= 0.3 is 0 Å². The van der Waals surface area contributed by atoms with Gasteiger partial charge in [0.2, 0.25) is 0 Å². The van der Waals surface area contributed by atoms with Gasteiger partial charge in [-0.1, -0.05) is 29.9 Å². The molecule has 49 heavy (non-hydrogen) atoms. The van der Waals surface area contributed by atoms with Crippen LogP contribution in [-0.4, -0.2) is 47.2 Å². The molecule has 3 aromatic rings. The summed E-state index contributed by atoms with van der Waals surface area (Å²) in [6, 6.07) is 9.79. The molecule has 7 unspecified atom stereocenters. The summed E-state index contributed by atoms with van der Waals surface area (Å²) in [4.78, 5) is 22.9. The quantitative estimate of drug-likeness (QED) is 0.0848. The maximum Gasteiger partial charge on any atom is 0.188 e. The highest BCUT2D eigenvalue weighted by Gasteiger charge is 2.52. The topological polar surface area (TPSA) is 120 Å². The van der Waals surface area contributed by atoms with Crippen molar-refractivity contribution in [1.29, 1.82) is 0 Å². The standard InChI is InChI=1S/C40H44N4O3S2/c1-4-6-27-10-14-34(48-27)35-15-16-36(49-35)38(47)30-12-9-25-22-40(30)18-17-24(21-40)7-5-8-28-26(19-32(25)44-39(41)42-3)20-33(46)29-11-13-31(23(2)45)43-37(28)29/h10-11,13-16,20,23-25,30-32,43,45-46H,7,9,12,17-19,21-22H2,1-3H3,(H3,41,42,44). The molecule has 2 fully saturated rings. The third-order valence-electron chi connectivity index (χ3n) is 11.2. The molecule has 1 aliphatic heterocycles. The maximum absolute atomic E-state index is 14.5. The molecule has 0 amide bonds. The third kappa shape index (κ3) is 6.53. The molecule has 0 radical (unpaired) electrons. The van der Waals surface area contributed by atoms with E-state index in [1.165, 1.54) is 0 Å². The van der Waals surface area contributed by atoms with Crippen molar-refractivity contribution >= 4 is 46.2 Å². The number of fused-ring (bicyclic) bond motifs is 5. The predicted molar refractivity (Wildman–Crippen MR) is 201 cm³/mol. The van der Waals surface area contributed by atoms with Crippen molar-refractivity contribution in [1.82, 2.24) is 5.32 Å². The summed E-state index contributed by atoms with van der Waals surface area (Å²) in [5.74, 6) is 14.6. The van der Waals surface area contributed by atoms with Crippen molar-refractivity contribution in [2.45, 2.75) is 83.4 Å². The summed E-state index contributed by atoms with van der Waals surface area (Å²) in [7, 11) is 1.69. The van der Waals surface area contributed by atoms with Crippen LogP contribution in [0, 0.1) is 46.9 Å². The second-order valence-electron chi connectivity index (χ2n) is 14.2. The van der Waals surface area contributed by atoms with Gasteiger partial charge in [0.05, 0.1) is 33.2 Å². The number of Topliss-reactive ketones (excluding diaryl/α,β-unsaturated/α-hetero) is 1. The molecule has 4 aliphatic rings. The highest BCUT2D eigenvalue weighted by atomic mass is 32.1. The van der Waals surface area contributed by atoms with Crippen molar-refractivity contribution in [3.8, 4) is 39.2 Å². The first-order chi connectivity index (χ1) is 23.7. The first-order valence-electron chi connectivity index (χ1n) is 17.3. The van der Waals surface area contributed by atoms with E-state index in [0.29, 0.717) is 23.9 Å². The number of hydrogen-bond acceptors (Lipinski definition) is 7. The van der Waals surface area contributed by atoms with Crippen LogP contribution >= 0.6 is 22.7 Å². The minimum Gasteiger partial charge on any atom is -0.507 e. The number of phenols is 1. The average molecular weight is 693 g/mol. The monoisotopic (exact) mass is 692 g/mol. The zero-order valence-electron chi connectivity index (χ0n) is 28.3. The Morgan fingerprint density at radius 3 is 2.80 bits per heavy atom. The van der Waals surface area contributed by atoms with Gasteiger partial charge in [-0.2, -0.15) is 0 Å². The number of nitrogens with one attached hydrogen (secondary N) is 2. The van der Waals surface area contributed by atoms with Crippen LogP contribution in [0.25, 0.3) is 15.8 Å². The van der Waals surface area contributed by atoms with Gasteiger partial charge in [-0.05, 0) is 112 Å². The van der Waals surface area contributed by atoms with Gasteiger partial charge in [0, 0.05) is 40.7 Å². The Balaban J connectivity index is 1.23. The lowest BCUT2D eigenvalue weighted by Gasteiger charge is -2.47. The predicted octanol–water partition coefficient (Wildman–Crippen LogP) is 7.03. The van der Waals surface area contributed by atoms with Gasteiger partial charge in [0.25, 0.3) is 0 Å². The molecule has 2 saturated carbocycles. The second-order valence-corrected chi connectivity index (χ2v) is 16.4. The van der Waals surface area contributed by atoms with Gasteiger partial charge in [0.1, 0.15) is 5.75 Å². The van der Waals surface area contributed by atoms with Crippen molar-refractivity contribution < 1.29 is 15.0 Å². The van der Waals surface area contributed by atoms with E-state index in [9.17, 15) is 15.0 Å². The second kappa shape index (κ2) is 13.7. The van der Waals surface area contributed by atoms with Gasteiger partial charge in [-0.25, -0.2) is 0 Å². The van der Waals surface area contributed by atoms with Gasteiger partial charge in [-0.15, -0.1) is 28.6 Å². The fourth-order valence-corrected chi connectivity index (χ4v) is 10.8. The molecule has 1 aromatic carbocycles. The first kappa shape index (κ1) is 33.5. The number of aliphatic hydroxyl groups is 1. The Hall–Kier alpha value is -4.02. The molecule has 3 heterocycles. The average Bonchev–Trinajstić information content (AvgIpc) is 3.86. The number of nitrogens with zero attached hydrogens (tertiary/aromatic N) is 1. The Morgan fingerprint density at radius 1 is 1.18 bits per heavy atom. The van der Waals surface area contributed by atoms with Crippen LogP contribution in [0.4, 0.5) is 5.69 Å². The zero-order chi connectivity index (χ0) is 34.3. The number of carbonyl (C=O) groups is 1. The number of nitrogens with two attached hydrogens (primary N) is 1. The molecule has 0 saturated heterocycles. The zero-order valence-corrected chi connectivity index (χ0v) is 29.9. The largest absolute Gasteiger partial charge is 0.507 e. The van der Waals surface area contributed by atoms with Crippen molar-refractivity contribution in [3.05, 3.63) is 62.9 Å². The van der Waals surface area contributed by atoms with E-state index in [2.05, 4.69) is 57.5 Å². The van der Waals surface area contributed by atoms with E-state index in [0.717, 1.165) is 81.3 Å². The van der Waals surface area contributed by atoms with Crippen LogP contribution in [0.3, 0.4) is 0 Å². The van der Waals surface area contributed by atoms with E-state index in [1.54, 1.807) is 36.6 Å².